The van der Waals surface area contributed by atoms with Gasteiger partial charge in [0, 0.05) is 6.54 Å². The zero-order valence-corrected chi connectivity index (χ0v) is 7.99. The lowest BCUT2D eigenvalue weighted by Gasteiger charge is -1.93. The third-order valence-electron chi connectivity index (χ3n) is 1.84. The number of hydrogen-bond acceptors (Lipinski definition) is 4. The minimum Gasteiger partial charge on any atom is -0.459 e. The van der Waals surface area contributed by atoms with E-state index in [9.17, 15) is 0 Å². The smallest absolute Gasteiger partial charge is 0.263 e. The van der Waals surface area contributed by atoms with Gasteiger partial charge in [-0.05, 0) is 18.7 Å². The maximum atomic E-state index is 5.26. The molecule has 0 saturated heterocycles. The van der Waals surface area contributed by atoms with Gasteiger partial charge in [0.05, 0.1) is 12.0 Å². The van der Waals surface area contributed by atoms with Crippen LogP contribution in [0.5, 0.6) is 0 Å². The number of nitrogens with one attached hydrogen (secondary N) is 1. The molecular formula is C10H12N2O2. The van der Waals surface area contributed by atoms with Crippen molar-refractivity contribution in [3.8, 4) is 11.7 Å². The largest absolute Gasteiger partial charge is 0.459 e. The molecule has 0 spiro atoms. The van der Waals surface area contributed by atoms with Crippen LogP contribution < -0.4 is 5.32 Å². The second-order valence-corrected chi connectivity index (χ2v) is 2.90. The summed E-state index contributed by atoms with van der Waals surface area (Å²) < 4.78 is 10.4. The number of hydrogen-bond donors (Lipinski definition) is 1. The normalized spacial score (nSPS) is 10.6. The van der Waals surface area contributed by atoms with E-state index in [1.54, 1.807) is 12.5 Å². The van der Waals surface area contributed by atoms with Crippen LogP contribution in [0, 0.1) is 0 Å². The number of nitrogens with zero attached hydrogens (tertiary/aromatic N) is 1. The van der Waals surface area contributed by atoms with Crippen LogP contribution in [-0.2, 0) is 6.54 Å². The molecule has 0 amide bonds. The summed E-state index contributed by atoms with van der Waals surface area (Å²) in [6.45, 7) is 3.69. The average Bonchev–Trinajstić information content (AvgIpc) is 2.85. The van der Waals surface area contributed by atoms with Gasteiger partial charge >= 0.3 is 0 Å². The molecule has 2 rings (SSSR count). The molecule has 4 heteroatoms. The van der Waals surface area contributed by atoms with Gasteiger partial charge < -0.3 is 14.2 Å². The summed E-state index contributed by atoms with van der Waals surface area (Å²) in [6, 6.07) is 3.63. The molecule has 0 aliphatic heterocycles. The standard InChI is InChI=1S/C10H12N2O2/c1-2-11-6-8-7-14-10(12-8)9-4-3-5-13-9/h3-5,7,11H,2,6H2,1H3. The third kappa shape index (κ3) is 1.85. The van der Waals surface area contributed by atoms with Crippen molar-refractivity contribution >= 4 is 0 Å². The molecule has 0 aliphatic carbocycles. The molecule has 0 saturated carbocycles. The summed E-state index contributed by atoms with van der Waals surface area (Å²) in [6.07, 6.45) is 3.24. The van der Waals surface area contributed by atoms with E-state index >= 15 is 0 Å². The monoisotopic (exact) mass is 192 g/mol. The van der Waals surface area contributed by atoms with Crippen LogP contribution in [0.2, 0.25) is 0 Å². The molecule has 0 fully saturated rings. The Morgan fingerprint density at radius 1 is 1.43 bits per heavy atom. The summed E-state index contributed by atoms with van der Waals surface area (Å²) in [5, 5.41) is 3.17. The lowest BCUT2D eigenvalue weighted by atomic mass is 10.4. The van der Waals surface area contributed by atoms with Crippen LogP contribution in [0.25, 0.3) is 11.7 Å². The molecule has 0 unspecified atom stereocenters. The minimum absolute atomic E-state index is 0.530. The van der Waals surface area contributed by atoms with Crippen molar-refractivity contribution in [1.82, 2.24) is 10.3 Å². The van der Waals surface area contributed by atoms with E-state index in [0.717, 1.165) is 18.8 Å². The molecule has 0 atom stereocenters. The van der Waals surface area contributed by atoms with Gasteiger partial charge in [-0.2, -0.15) is 0 Å². The molecule has 4 nitrogen and oxygen atoms in total. The topological polar surface area (TPSA) is 51.2 Å². The maximum absolute atomic E-state index is 5.26. The summed E-state index contributed by atoms with van der Waals surface area (Å²) in [5.41, 5.74) is 0.887. The Morgan fingerprint density at radius 2 is 2.36 bits per heavy atom. The number of aromatic nitrogens is 1. The molecule has 2 aromatic rings. The van der Waals surface area contributed by atoms with Crippen LogP contribution in [-0.4, -0.2) is 11.5 Å². The third-order valence-corrected chi connectivity index (χ3v) is 1.84. The molecule has 2 aromatic heterocycles. The van der Waals surface area contributed by atoms with Crippen LogP contribution >= 0.6 is 0 Å². The molecule has 0 aromatic carbocycles. The zero-order valence-electron chi connectivity index (χ0n) is 7.99. The van der Waals surface area contributed by atoms with Gasteiger partial charge in [0.1, 0.15) is 6.26 Å². The lowest BCUT2D eigenvalue weighted by Crippen LogP contribution is -2.11. The SMILES string of the molecule is CCNCc1coc(-c2ccco2)n1. The van der Waals surface area contributed by atoms with E-state index in [1.807, 2.05) is 19.1 Å². The van der Waals surface area contributed by atoms with Crippen molar-refractivity contribution in [3.63, 3.8) is 0 Å². The summed E-state index contributed by atoms with van der Waals surface area (Å²) >= 11 is 0. The van der Waals surface area contributed by atoms with Crippen molar-refractivity contribution in [1.29, 1.82) is 0 Å². The molecule has 0 aliphatic rings. The predicted octanol–water partition coefficient (Wildman–Crippen LogP) is 2.04. The first-order chi connectivity index (χ1) is 6.90. The zero-order chi connectivity index (χ0) is 9.80. The van der Waals surface area contributed by atoms with Crippen molar-refractivity contribution < 1.29 is 8.83 Å². The van der Waals surface area contributed by atoms with Crippen LogP contribution in [0.3, 0.4) is 0 Å². The Hall–Kier alpha value is -1.55. The van der Waals surface area contributed by atoms with Gasteiger partial charge in [0.25, 0.3) is 5.89 Å². The minimum atomic E-state index is 0.530. The first-order valence-electron chi connectivity index (χ1n) is 4.59. The Labute approximate surface area is 81.9 Å². The van der Waals surface area contributed by atoms with Crippen molar-refractivity contribution in [2.24, 2.45) is 0 Å². The molecule has 2 heterocycles. The van der Waals surface area contributed by atoms with Gasteiger partial charge in [-0.15, -0.1) is 0 Å². The summed E-state index contributed by atoms with van der Waals surface area (Å²) in [5.74, 6) is 1.19. The fourth-order valence-corrected chi connectivity index (χ4v) is 1.15. The number of furan rings is 1. The average molecular weight is 192 g/mol. The summed E-state index contributed by atoms with van der Waals surface area (Å²) in [4.78, 5) is 4.27. The van der Waals surface area contributed by atoms with Crippen LogP contribution in [0.15, 0.2) is 33.5 Å². The molecular weight excluding hydrogens is 180 g/mol. The Balaban J connectivity index is 2.10. The summed E-state index contributed by atoms with van der Waals surface area (Å²) in [7, 11) is 0. The quantitative estimate of drug-likeness (QED) is 0.805. The molecule has 74 valence electrons. The highest BCUT2D eigenvalue weighted by molar-refractivity contribution is 5.43. The second kappa shape index (κ2) is 4.11. The molecule has 0 bridgehead atoms. The van der Waals surface area contributed by atoms with Crippen LogP contribution in [0.4, 0.5) is 0 Å². The Morgan fingerprint density at radius 3 is 3.07 bits per heavy atom. The Kier molecular flexibility index (Phi) is 2.65. The van der Waals surface area contributed by atoms with E-state index < -0.39 is 0 Å². The van der Waals surface area contributed by atoms with Gasteiger partial charge in [-0.3, -0.25) is 0 Å². The van der Waals surface area contributed by atoms with Gasteiger partial charge in [0.2, 0.25) is 0 Å². The second-order valence-electron chi connectivity index (χ2n) is 2.90. The molecule has 0 radical (unpaired) electrons. The van der Waals surface area contributed by atoms with Gasteiger partial charge in [-0.25, -0.2) is 4.98 Å². The van der Waals surface area contributed by atoms with Gasteiger partial charge in [0.15, 0.2) is 5.76 Å². The van der Waals surface area contributed by atoms with E-state index in [0.29, 0.717) is 11.7 Å². The van der Waals surface area contributed by atoms with E-state index in [-0.39, 0.29) is 0 Å². The lowest BCUT2D eigenvalue weighted by molar-refractivity contribution is 0.516. The highest BCUT2D eigenvalue weighted by atomic mass is 16.4. The Bertz CT molecular complexity index is 378. The highest BCUT2D eigenvalue weighted by Gasteiger charge is 2.07. The number of rotatable bonds is 4. The first kappa shape index (κ1) is 9.02. The van der Waals surface area contributed by atoms with E-state index in [1.165, 1.54) is 0 Å². The maximum Gasteiger partial charge on any atom is 0.263 e. The number of oxazole rings is 1. The van der Waals surface area contributed by atoms with Gasteiger partial charge in [-0.1, -0.05) is 6.92 Å². The fourth-order valence-electron chi connectivity index (χ4n) is 1.15. The highest BCUT2D eigenvalue weighted by Crippen LogP contribution is 2.18. The van der Waals surface area contributed by atoms with Crippen LogP contribution in [0.1, 0.15) is 12.6 Å². The van der Waals surface area contributed by atoms with E-state index in [2.05, 4.69) is 10.3 Å². The molecule has 14 heavy (non-hydrogen) atoms. The van der Waals surface area contributed by atoms with E-state index in [4.69, 9.17) is 8.83 Å². The molecule has 1 N–H and O–H groups in total. The fraction of sp³-hybridized carbons (Fsp3) is 0.300. The predicted molar refractivity (Wildman–Crippen MR) is 51.6 cm³/mol. The van der Waals surface area contributed by atoms with Crippen molar-refractivity contribution in [2.45, 2.75) is 13.5 Å². The first-order valence-corrected chi connectivity index (χ1v) is 4.59. The van der Waals surface area contributed by atoms with Crippen molar-refractivity contribution in [3.05, 3.63) is 30.4 Å². The van der Waals surface area contributed by atoms with Crippen molar-refractivity contribution in [2.75, 3.05) is 6.54 Å².